The molecule has 0 saturated heterocycles. The second-order valence-electron chi connectivity index (χ2n) is 3.47. The van der Waals surface area contributed by atoms with Gasteiger partial charge in [-0.15, -0.1) is 0 Å². The molecule has 0 saturated carbocycles. The Morgan fingerprint density at radius 3 is 2.75 bits per heavy atom. The van der Waals surface area contributed by atoms with Crippen molar-refractivity contribution >= 4 is 34.8 Å². The summed E-state index contributed by atoms with van der Waals surface area (Å²) in [6, 6.07) is 6.87. The Kier molecular flexibility index (Phi) is 5.45. The summed E-state index contributed by atoms with van der Waals surface area (Å²) in [7, 11) is 1.76. The first kappa shape index (κ1) is 13.2. The van der Waals surface area contributed by atoms with Gasteiger partial charge in [0.25, 0.3) is 5.91 Å². The van der Waals surface area contributed by atoms with Crippen molar-refractivity contribution < 1.29 is 9.59 Å². The summed E-state index contributed by atoms with van der Waals surface area (Å²) in [5.74, 6) is -0.0902. The summed E-state index contributed by atoms with van der Waals surface area (Å²) >= 11 is 2.28. The summed E-state index contributed by atoms with van der Waals surface area (Å²) in [6.07, 6.45) is 1.69. The van der Waals surface area contributed by atoms with Gasteiger partial charge in [0.05, 0.1) is 5.56 Å². The Balaban J connectivity index is 2.83. The molecule has 1 aromatic rings. The van der Waals surface area contributed by atoms with Crippen molar-refractivity contribution in [3.8, 4) is 0 Å². The molecule has 0 aliphatic carbocycles. The third-order valence-electron chi connectivity index (χ3n) is 2.29. The molecule has 86 valence electrons. The molecule has 0 radical (unpaired) electrons. The van der Waals surface area contributed by atoms with Crippen molar-refractivity contribution in [3.05, 3.63) is 35.4 Å². The first-order chi connectivity index (χ1) is 7.70. The van der Waals surface area contributed by atoms with Gasteiger partial charge < -0.3 is 4.90 Å². The smallest absolute Gasteiger partial charge is 0.254 e. The minimum Gasteiger partial charge on any atom is -0.342 e. The molecule has 0 fully saturated rings. The zero-order valence-corrected chi connectivity index (χ0v) is 11.3. The maximum absolute atomic E-state index is 12.0. The van der Waals surface area contributed by atoms with E-state index in [4.69, 9.17) is 0 Å². The zero-order chi connectivity index (χ0) is 12.0. The fraction of sp³-hybridized carbons (Fsp3) is 0.333. The van der Waals surface area contributed by atoms with Crippen LogP contribution < -0.4 is 0 Å². The highest BCUT2D eigenvalue weighted by Crippen LogP contribution is 2.09. The number of rotatable bonds is 5. The quantitative estimate of drug-likeness (QED) is 0.472. The predicted octanol–water partition coefficient (Wildman–Crippen LogP) is 2.40. The van der Waals surface area contributed by atoms with Crippen LogP contribution in [0.1, 0.15) is 27.1 Å². The molecule has 0 unspecified atom stereocenters. The first-order valence-electron chi connectivity index (χ1n) is 5.06. The van der Waals surface area contributed by atoms with Gasteiger partial charge in [0.1, 0.15) is 0 Å². The van der Waals surface area contributed by atoms with Gasteiger partial charge in [0.15, 0.2) is 6.29 Å². The summed E-state index contributed by atoms with van der Waals surface area (Å²) in [4.78, 5) is 24.4. The van der Waals surface area contributed by atoms with E-state index in [1.165, 1.54) is 0 Å². The van der Waals surface area contributed by atoms with Crippen molar-refractivity contribution in [1.29, 1.82) is 0 Å². The largest absolute Gasteiger partial charge is 0.342 e. The van der Waals surface area contributed by atoms with E-state index in [1.807, 2.05) is 0 Å². The van der Waals surface area contributed by atoms with Crippen molar-refractivity contribution in [1.82, 2.24) is 4.90 Å². The molecule has 0 aliphatic heterocycles. The molecule has 0 aliphatic rings. The third kappa shape index (κ3) is 3.30. The maximum Gasteiger partial charge on any atom is 0.254 e. The molecule has 0 atom stereocenters. The second-order valence-corrected chi connectivity index (χ2v) is 4.55. The lowest BCUT2D eigenvalue weighted by atomic mass is 10.1. The lowest BCUT2D eigenvalue weighted by molar-refractivity contribution is 0.0792. The SMILES string of the molecule is CN(CCCI)C(=O)c1ccccc1C=O. The number of aldehydes is 1. The molecule has 16 heavy (non-hydrogen) atoms. The van der Waals surface area contributed by atoms with Crippen LogP contribution in [0.15, 0.2) is 24.3 Å². The molecule has 0 spiro atoms. The number of benzene rings is 1. The van der Waals surface area contributed by atoms with Crippen LogP contribution >= 0.6 is 22.6 Å². The number of carbonyl (C=O) groups excluding carboxylic acids is 2. The first-order valence-corrected chi connectivity index (χ1v) is 6.59. The van der Waals surface area contributed by atoms with E-state index in [0.29, 0.717) is 11.1 Å². The van der Waals surface area contributed by atoms with E-state index in [1.54, 1.807) is 36.2 Å². The average molecular weight is 331 g/mol. The molecule has 3 nitrogen and oxygen atoms in total. The molecule has 0 heterocycles. The van der Waals surface area contributed by atoms with Gasteiger partial charge in [0.2, 0.25) is 0 Å². The molecular formula is C12H14INO2. The highest BCUT2D eigenvalue weighted by atomic mass is 127. The van der Waals surface area contributed by atoms with Gasteiger partial charge in [-0.3, -0.25) is 9.59 Å². The number of hydrogen-bond acceptors (Lipinski definition) is 2. The van der Waals surface area contributed by atoms with Crippen LogP contribution in [0.3, 0.4) is 0 Å². The van der Waals surface area contributed by atoms with Gasteiger partial charge in [-0.2, -0.15) is 0 Å². The zero-order valence-electron chi connectivity index (χ0n) is 9.15. The van der Waals surface area contributed by atoms with E-state index in [9.17, 15) is 9.59 Å². The van der Waals surface area contributed by atoms with Gasteiger partial charge >= 0.3 is 0 Å². The number of hydrogen-bond donors (Lipinski definition) is 0. The van der Waals surface area contributed by atoms with Crippen LogP contribution in [0.2, 0.25) is 0 Å². The number of amides is 1. The van der Waals surface area contributed by atoms with E-state index < -0.39 is 0 Å². The normalized spacial score (nSPS) is 9.88. The summed E-state index contributed by atoms with van der Waals surface area (Å²) in [5.41, 5.74) is 0.933. The standard InChI is InChI=1S/C12H14INO2/c1-14(8-4-7-13)12(16)11-6-3-2-5-10(11)9-15/h2-3,5-6,9H,4,7-8H2,1H3. The van der Waals surface area contributed by atoms with Crippen molar-refractivity contribution in [2.45, 2.75) is 6.42 Å². The predicted molar refractivity (Wildman–Crippen MR) is 72.3 cm³/mol. The van der Waals surface area contributed by atoms with Crippen molar-refractivity contribution in [2.75, 3.05) is 18.0 Å². The van der Waals surface area contributed by atoms with Crippen LogP contribution in [0.5, 0.6) is 0 Å². The van der Waals surface area contributed by atoms with Crippen LogP contribution in [-0.4, -0.2) is 35.1 Å². The Morgan fingerprint density at radius 2 is 2.12 bits per heavy atom. The van der Waals surface area contributed by atoms with E-state index >= 15 is 0 Å². The molecule has 0 bridgehead atoms. The fourth-order valence-corrected chi connectivity index (χ4v) is 1.74. The van der Waals surface area contributed by atoms with Gasteiger partial charge in [-0.1, -0.05) is 40.8 Å². The van der Waals surface area contributed by atoms with Crippen molar-refractivity contribution in [3.63, 3.8) is 0 Å². The number of nitrogens with zero attached hydrogens (tertiary/aromatic N) is 1. The Bertz CT molecular complexity index is 379. The van der Waals surface area contributed by atoms with Gasteiger partial charge in [0, 0.05) is 23.6 Å². The monoisotopic (exact) mass is 331 g/mol. The Morgan fingerprint density at radius 1 is 1.44 bits per heavy atom. The fourth-order valence-electron chi connectivity index (χ4n) is 1.40. The summed E-state index contributed by atoms with van der Waals surface area (Å²) in [6.45, 7) is 0.717. The number of carbonyl (C=O) groups is 2. The van der Waals surface area contributed by atoms with Crippen molar-refractivity contribution in [2.24, 2.45) is 0 Å². The molecule has 4 heteroatoms. The topological polar surface area (TPSA) is 37.4 Å². The molecule has 0 N–H and O–H groups in total. The van der Waals surface area contributed by atoms with E-state index in [2.05, 4.69) is 22.6 Å². The Hall–Kier alpha value is -0.910. The molecule has 1 amide bonds. The molecule has 0 aromatic heterocycles. The minimum atomic E-state index is -0.0902. The van der Waals surface area contributed by atoms with E-state index in [-0.39, 0.29) is 5.91 Å². The lowest BCUT2D eigenvalue weighted by Crippen LogP contribution is -2.28. The van der Waals surface area contributed by atoms with Crippen LogP contribution in [0.25, 0.3) is 0 Å². The van der Waals surface area contributed by atoms with Gasteiger partial charge in [-0.05, 0) is 12.5 Å². The molecular weight excluding hydrogens is 317 g/mol. The van der Waals surface area contributed by atoms with E-state index in [0.717, 1.165) is 23.7 Å². The highest BCUT2D eigenvalue weighted by molar-refractivity contribution is 14.1. The lowest BCUT2D eigenvalue weighted by Gasteiger charge is -2.17. The molecule has 1 aromatic carbocycles. The van der Waals surface area contributed by atoms with Crippen LogP contribution in [0, 0.1) is 0 Å². The third-order valence-corrected chi connectivity index (χ3v) is 3.05. The minimum absolute atomic E-state index is 0.0902. The van der Waals surface area contributed by atoms with Crippen LogP contribution in [-0.2, 0) is 0 Å². The second kappa shape index (κ2) is 6.62. The summed E-state index contributed by atoms with van der Waals surface area (Å²) < 4.78 is 1.02. The average Bonchev–Trinajstić information content (AvgIpc) is 2.34. The van der Waals surface area contributed by atoms with Crippen LogP contribution in [0.4, 0.5) is 0 Å². The molecule has 1 rings (SSSR count). The Labute approximate surface area is 109 Å². The maximum atomic E-state index is 12.0. The number of halogens is 1. The van der Waals surface area contributed by atoms with Gasteiger partial charge in [-0.25, -0.2) is 0 Å². The highest BCUT2D eigenvalue weighted by Gasteiger charge is 2.14. The summed E-state index contributed by atoms with van der Waals surface area (Å²) in [5, 5.41) is 0. The number of alkyl halides is 1.